The molecule has 2 unspecified atom stereocenters. The number of benzene rings is 2. The van der Waals surface area contributed by atoms with Crippen molar-refractivity contribution in [3.8, 4) is 5.75 Å². The third-order valence-corrected chi connectivity index (χ3v) is 5.62. The maximum Gasteiger partial charge on any atom is 0.422 e. The molecule has 28 heavy (non-hydrogen) atoms. The summed E-state index contributed by atoms with van der Waals surface area (Å²) in [5.41, 5.74) is 3.71. The molecular weight excluding hydrogens is 363 g/mol. The molecule has 0 saturated carbocycles. The molecule has 4 rings (SSSR count). The highest BCUT2D eigenvalue weighted by atomic mass is 19.4. The second-order valence-electron chi connectivity index (χ2n) is 7.63. The van der Waals surface area contributed by atoms with Crippen LogP contribution in [-0.2, 0) is 6.54 Å². The minimum Gasteiger partial charge on any atom is -0.484 e. The van der Waals surface area contributed by atoms with Crippen LogP contribution < -0.4 is 4.74 Å². The molecule has 0 aromatic heterocycles. The van der Waals surface area contributed by atoms with Crippen molar-refractivity contribution in [1.82, 2.24) is 4.90 Å². The maximum absolute atomic E-state index is 12.3. The smallest absolute Gasteiger partial charge is 0.422 e. The van der Waals surface area contributed by atoms with E-state index in [4.69, 9.17) is 4.74 Å². The van der Waals surface area contributed by atoms with E-state index in [1.807, 2.05) is 18.2 Å². The summed E-state index contributed by atoms with van der Waals surface area (Å²) in [4.78, 5) is 2.60. The van der Waals surface area contributed by atoms with E-state index < -0.39 is 12.8 Å². The molecule has 0 radical (unpaired) electrons. The van der Waals surface area contributed by atoms with Crippen LogP contribution in [-0.4, -0.2) is 29.8 Å². The first-order valence-corrected chi connectivity index (χ1v) is 9.78. The lowest BCUT2D eigenvalue weighted by atomic mass is 9.82. The van der Waals surface area contributed by atoms with E-state index in [0.717, 1.165) is 24.9 Å². The SMILES string of the molecule is FC(F)(F)COc1ccc(C2=CC3CCCC(C2)N3Cc2ccccc2)cc1. The van der Waals surface area contributed by atoms with E-state index in [1.54, 1.807) is 12.1 Å². The van der Waals surface area contributed by atoms with Crippen LogP contribution in [0.1, 0.15) is 36.8 Å². The monoisotopic (exact) mass is 387 g/mol. The molecule has 2 aromatic carbocycles. The normalized spacial score (nSPS) is 22.6. The Hall–Kier alpha value is -2.27. The molecule has 2 heterocycles. The number of hydrogen-bond donors (Lipinski definition) is 0. The maximum atomic E-state index is 12.3. The van der Waals surface area contributed by atoms with Crippen LogP contribution in [0, 0.1) is 0 Å². The molecular formula is C23H24F3NO. The van der Waals surface area contributed by atoms with Gasteiger partial charge >= 0.3 is 6.18 Å². The van der Waals surface area contributed by atoms with E-state index >= 15 is 0 Å². The van der Waals surface area contributed by atoms with E-state index in [0.29, 0.717) is 12.1 Å². The number of hydrogen-bond acceptors (Lipinski definition) is 2. The molecule has 2 atom stereocenters. The number of piperidine rings is 1. The van der Waals surface area contributed by atoms with Crippen LogP contribution in [0.25, 0.3) is 5.57 Å². The lowest BCUT2D eigenvalue weighted by Gasteiger charge is -2.45. The summed E-state index contributed by atoms with van der Waals surface area (Å²) >= 11 is 0. The van der Waals surface area contributed by atoms with E-state index in [2.05, 4.69) is 35.2 Å². The van der Waals surface area contributed by atoms with Crippen LogP contribution in [0.4, 0.5) is 13.2 Å². The number of fused-ring (bicyclic) bond motifs is 2. The van der Waals surface area contributed by atoms with Gasteiger partial charge in [0.05, 0.1) is 0 Å². The Balaban J connectivity index is 1.47. The first kappa shape index (κ1) is 19.1. The number of ether oxygens (including phenoxy) is 1. The topological polar surface area (TPSA) is 12.5 Å². The fourth-order valence-corrected chi connectivity index (χ4v) is 4.30. The van der Waals surface area contributed by atoms with Crippen molar-refractivity contribution >= 4 is 5.57 Å². The summed E-state index contributed by atoms with van der Waals surface area (Å²) in [6.07, 6.45) is 2.60. The summed E-state index contributed by atoms with van der Waals surface area (Å²) in [7, 11) is 0. The molecule has 0 aliphatic carbocycles. The number of nitrogens with zero attached hydrogens (tertiary/aromatic N) is 1. The Morgan fingerprint density at radius 1 is 0.964 bits per heavy atom. The lowest BCUT2D eigenvalue weighted by molar-refractivity contribution is -0.153. The zero-order valence-electron chi connectivity index (χ0n) is 15.7. The number of rotatable bonds is 5. The molecule has 2 bridgehead atoms. The van der Waals surface area contributed by atoms with Gasteiger partial charge in [0.2, 0.25) is 0 Å². The van der Waals surface area contributed by atoms with Crippen LogP contribution in [0.3, 0.4) is 0 Å². The molecule has 5 heteroatoms. The van der Waals surface area contributed by atoms with Gasteiger partial charge in [-0.1, -0.05) is 55.0 Å². The Kier molecular flexibility index (Phi) is 5.44. The minimum absolute atomic E-state index is 0.253. The number of halogens is 3. The summed E-state index contributed by atoms with van der Waals surface area (Å²) in [6, 6.07) is 18.5. The van der Waals surface area contributed by atoms with Crippen molar-refractivity contribution in [2.75, 3.05) is 6.61 Å². The van der Waals surface area contributed by atoms with Gasteiger partial charge < -0.3 is 4.74 Å². The van der Waals surface area contributed by atoms with Crippen LogP contribution in [0.15, 0.2) is 60.7 Å². The summed E-state index contributed by atoms with van der Waals surface area (Å²) < 4.78 is 41.7. The molecule has 2 aliphatic rings. The quantitative estimate of drug-likeness (QED) is 0.639. The highest BCUT2D eigenvalue weighted by Crippen LogP contribution is 2.38. The van der Waals surface area contributed by atoms with Gasteiger partial charge in [-0.3, -0.25) is 4.90 Å². The predicted octanol–water partition coefficient (Wildman–Crippen LogP) is 5.84. The van der Waals surface area contributed by atoms with Gasteiger partial charge in [0, 0.05) is 18.6 Å². The van der Waals surface area contributed by atoms with Crippen molar-refractivity contribution in [2.24, 2.45) is 0 Å². The third kappa shape index (κ3) is 4.58. The van der Waals surface area contributed by atoms with Crippen molar-refractivity contribution in [3.05, 3.63) is 71.8 Å². The van der Waals surface area contributed by atoms with E-state index in [1.165, 1.54) is 24.0 Å². The van der Waals surface area contributed by atoms with Crippen molar-refractivity contribution in [2.45, 2.75) is 50.5 Å². The van der Waals surface area contributed by atoms with Gasteiger partial charge in [-0.15, -0.1) is 0 Å². The standard InChI is InChI=1S/C23H24F3NO/c24-23(25,26)16-28-22-11-9-18(10-12-22)19-13-20-7-4-8-21(14-19)27(20)15-17-5-2-1-3-6-17/h1-3,5-6,9-13,20-21H,4,7-8,14-16H2. The first-order valence-electron chi connectivity index (χ1n) is 9.78. The van der Waals surface area contributed by atoms with Gasteiger partial charge in [0.1, 0.15) is 5.75 Å². The highest BCUT2D eigenvalue weighted by molar-refractivity contribution is 5.68. The fourth-order valence-electron chi connectivity index (χ4n) is 4.30. The van der Waals surface area contributed by atoms with Crippen molar-refractivity contribution in [1.29, 1.82) is 0 Å². The fraction of sp³-hybridized carbons (Fsp3) is 0.391. The average Bonchev–Trinajstić information content (AvgIpc) is 2.67. The molecule has 1 fully saturated rings. The van der Waals surface area contributed by atoms with Crippen molar-refractivity contribution in [3.63, 3.8) is 0 Å². The Labute approximate surface area is 163 Å². The van der Waals surface area contributed by atoms with Gasteiger partial charge in [-0.25, -0.2) is 0 Å². The molecule has 148 valence electrons. The zero-order chi connectivity index (χ0) is 19.6. The minimum atomic E-state index is -4.32. The van der Waals surface area contributed by atoms with Gasteiger partial charge in [-0.2, -0.15) is 13.2 Å². The van der Waals surface area contributed by atoms with Crippen LogP contribution >= 0.6 is 0 Å². The third-order valence-electron chi connectivity index (χ3n) is 5.62. The molecule has 0 N–H and O–H groups in total. The van der Waals surface area contributed by atoms with Gasteiger partial charge in [0.25, 0.3) is 0 Å². The average molecular weight is 387 g/mol. The Morgan fingerprint density at radius 2 is 1.71 bits per heavy atom. The summed E-state index contributed by atoms with van der Waals surface area (Å²) in [5.74, 6) is 0.253. The zero-order valence-corrected chi connectivity index (χ0v) is 15.7. The highest BCUT2D eigenvalue weighted by Gasteiger charge is 2.34. The van der Waals surface area contributed by atoms with E-state index in [9.17, 15) is 13.2 Å². The van der Waals surface area contributed by atoms with Crippen LogP contribution in [0.2, 0.25) is 0 Å². The lowest BCUT2D eigenvalue weighted by Crippen LogP contribution is -2.47. The van der Waals surface area contributed by atoms with Crippen LogP contribution in [0.5, 0.6) is 5.75 Å². The van der Waals surface area contributed by atoms with Crippen molar-refractivity contribution < 1.29 is 17.9 Å². The molecule has 0 amide bonds. The molecule has 2 nitrogen and oxygen atoms in total. The molecule has 2 aromatic rings. The first-order chi connectivity index (χ1) is 13.5. The second-order valence-corrected chi connectivity index (χ2v) is 7.63. The largest absolute Gasteiger partial charge is 0.484 e. The summed E-state index contributed by atoms with van der Waals surface area (Å²) in [5, 5.41) is 0. The summed E-state index contributed by atoms with van der Waals surface area (Å²) in [6.45, 7) is -0.294. The Morgan fingerprint density at radius 3 is 2.39 bits per heavy atom. The molecule has 1 saturated heterocycles. The molecule has 0 spiro atoms. The second kappa shape index (κ2) is 8.00. The predicted molar refractivity (Wildman–Crippen MR) is 104 cm³/mol. The van der Waals surface area contributed by atoms with Gasteiger partial charge in [-0.05, 0) is 48.1 Å². The Bertz CT molecular complexity index is 814. The van der Waals surface area contributed by atoms with Gasteiger partial charge in [0.15, 0.2) is 6.61 Å². The molecule has 2 aliphatic heterocycles. The number of alkyl halides is 3. The van der Waals surface area contributed by atoms with E-state index in [-0.39, 0.29) is 5.75 Å².